The number of aliphatic hydroxyl groups excluding tert-OH is 1. The molecular formula is C27H30N6O4S. The number of methoxy groups -OCH3 is 1. The lowest BCUT2D eigenvalue weighted by molar-refractivity contribution is -0.115. The van der Waals surface area contributed by atoms with Crippen LogP contribution in [0.2, 0.25) is 0 Å². The molecule has 1 amide bonds. The van der Waals surface area contributed by atoms with Gasteiger partial charge in [0.15, 0.2) is 17.3 Å². The second-order valence-corrected chi connectivity index (χ2v) is 9.76. The summed E-state index contributed by atoms with van der Waals surface area (Å²) in [6.45, 7) is 0. The van der Waals surface area contributed by atoms with E-state index in [1.54, 1.807) is 18.2 Å². The van der Waals surface area contributed by atoms with Gasteiger partial charge in [-0.3, -0.25) is 4.79 Å². The third kappa shape index (κ3) is 8.22. The summed E-state index contributed by atoms with van der Waals surface area (Å²) in [6, 6.07) is 18.2. The summed E-state index contributed by atoms with van der Waals surface area (Å²) in [4.78, 5) is 12.2. The van der Waals surface area contributed by atoms with Crippen LogP contribution in [-0.2, 0) is 30.5 Å². The maximum Gasteiger partial charge on any atom is 0.229 e. The van der Waals surface area contributed by atoms with Crippen LogP contribution in [0.1, 0.15) is 34.7 Å². The number of aryl methyl sites for hydroxylation is 2. The van der Waals surface area contributed by atoms with Crippen molar-refractivity contribution in [3.05, 3.63) is 82.5 Å². The highest BCUT2D eigenvalue weighted by Gasteiger charge is 2.12. The fraction of sp³-hybridized carbons (Fsp3) is 0.296. The Bertz CT molecular complexity index is 1320. The maximum atomic E-state index is 12.2. The molecule has 38 heavy (non-hydrogen) atoms. The third-order valence-electron chi connectivity index (χ3n) is 5.70. The van der Waals surface area contributed by atoms with E-state index in [0.29, 0.717) is 29.5 Å². The number of rotatable bonds is 13. The molecule has 0 saturated heterocycles. The van der Waals surface area contributed by atoms with Gasteiger partial charge in [-0.1, -0.05) is 47.7 Å². The van der Waals surface area contributed by atoms with Gasteiger partial charge < -0.3 is 25.6 Å². The molecule has 0 fully saturated rings. The smallest absolute Gasteiger partial charge is 0.229 e. The number of aromatic hydroxyl groups is 1. The molecule has 0 aliphatic carbocycles. The number of phenolic OH excluding ortho intramolecular Hbond substituents is 1. The van der Waals surface area contributed by atoms with Crippen molar-refractivity contribution >= 4 is 28.2 Å². The van der Waals surface area contributed by atoms with Crippen molar-refractivity contribution in [2.24, 2.45) is 0 Å². The Morgan fingerprint density at radius 2 is 1.79 bits per heavy atom. The number of amides is 1. The predicted octanol–water partition coefficient (Wildman–Crippen LogP) is 3.76. The Hall–Kier alpha value is -4.09. The van der Waals surface area contributed by atoms with Crippen LogP contribution in [0.5, 0.6) is 11.5 Å². The minimum absolute atomic E-state index is 0.0551. The van der Waals surface area contributed by atoms with Crippen LogP contribution < -0.4 is 15.4 Å². The van der Waals surface area contributed by atoms with Crippen LogP contribution in [0.25, 0.3) is 0 Å². The van der Waals surface area contributed by atoms with E-state index in [4.69, 9.17) is 4.74 Å². The Labute approximate surface area is 224 Å². The number of ether oxygens (including phenoxy) is 1. The number of aliphatic hydroxyl groups is 1. The van der Waals surface area contributed by atoms with Gasteiger partial charge in [-0.15, -0.1) is 15.3 Å². The van der Waals surface area contributed by atoms with Crippen LogP contribution >= 0.6 is 11.3 Å². The highest BCUT2D eigenvalue weighted by molar-refractivity contribution is 7.15. The van der Waals surface area contributed by atoms with Crippen molar-refractivity contribution in [1.29, 1.82) is 0 Å². The van der Waals surface area contributed by atoms with E-state index in [9.17, 15) is 15.0 Å². The minimum atomic E-state index is -0.852. The predicted molar refractivity (Wildman–Crippen MR) is 145 cm³/mol. The fourth-order valence-electron chi connectivity index (χ4n) is 3.79. The lowest BCUT2D eigenvalue weighted by Crippen LogP contribution is -2.21. The molecule has 1 unspecified atom stereocenters. The van der Waals surface area contributed by atoms with Gasteiger partial charge in [-0.05, 0) is 54.7 Å². The normalized spacial score (nSPS) is 11.6. The molecule has 11 heteroatoms. The molecule has 0 bridgehead atoms. The Morgan fingerprint density at radius 1 is 0.974 bits per heavy atom. The number of hydrogen-bond donors (Lipinski definition) is 4. The van der Waals surface area contributed by atoms with Crippen molar-refractivity contribution in [2.75, 3.05) is 17.7 Å². The van der Waals surface area contributed by atoms with E-state index in [1.165, 1.54) is 24.5 Å². The number of nitrogens with zero attached hydrogens (tertiary/aromatic N) is 4. The number of phenols is 1. The molecule has 4 N–H and O–H groups in total. The van der Waals surface area contributed by atoms with E-state index in [2.05, 4.69) is 31.0 Å². The monoisotopic (exact) mass is 534 g/mol. The number of hydrogen-bond acceptors (Lipinski definition) is 10. The lowest BCUT2D eigenvalue weighted by atomic mass is 10.1. The maximum absolute atomic E-state index is 12.2. The van der Waals surface area contributed by atoms with E-state index >= 15 is 0 Å². The first-order valence-electron chi connectivity index (χ1n) is 12.3. The quantitative estimate of drug-likeness (QED) is 0.149. The molecule has 2 heterocycles. The molecule has 4 rings (SSSR count). The molecule has 0 spiro atoms. The molecule has 2 aromatic heterocycles. The first-order chi connectivity index (χ1) is 18.5. The standard InChI is InChI=1S/C27H30N6O4S/c1-37-22-15-19(11-13-21(22)34)17-25(36)29-27-33-32-26(38-27)10-6-5-9-20-12-14-23(31-30-20)28-24(35)16-18-7-3-2-4-8-18/h2-4,7-8,11-15,25,34,36H,5-6,9-10,16-17H2,1H3,(H,29,33)(H,28,31,35). The van der Waals surface area contributed by atoms with Gasteiger partial charge in [0.1, 0.15) is 11.2 Å². The van der Waals surface area contributed by atoms with Crippen LogP contribution in [0.15, 0.2) is 60.7 Å². The lowest BCUT2D eigenvalue weighted by Gasteiger charge is -2.12. The first-order valence-corrected chi connectivity index (χ1v) is 13.1. The third-order valence-corrected chi connectivity index (χ3v) is 6.61. The van der Waals surface area contributed by atoms with E-state index in [0.717, 1.165) is 47.5 Å². The summed E-state index contributed by atoms with van der Waals surface area (Å²) in [5.41, 5.74) is 2.62. The van der Waals surface area contributed by atoms with Gasteiger partial charge >= 0.3 is 0 Å². The zero-order chi connectivity index (χ0) is 26.7. The van der Waals surface area contributed by atoms with Gasteiger partial charge in [0.2, 0.25) is 11.0 Å². The highest BCUT2D eigenvalue weighted by atomic mass is 32.1. The second kappa shape index (κ2) is 13.5. The molecule has 0 saturated carbocycles. The molecule has 198 valence electrons. The van der Waals surface area contributed by atoms with Gasteiger partial charge in [0, 0.05) is 12.8 Å². The largest absolute Gasteiger partial charge is 0.504 e. The summed E-state index contributed by atoms with van der Waals surface area (Å²) in [5, 5.41) is 43.9. The summed E-state index contributed by atoms with van der Waals surface area (Å²) >= 11 is 1.41. The highest BCUT2D eigenvalue weighted by Crippen LogP contribution is 2.27. The van der Waals surface area contributed by atoms with Crippen molar-refractivity contribution < 1.29 is 19.7 Å². The average molecular weight is 535 g/mol. The molecule has 0 aliphatic heterocycles. The van der Waals surface area contributed by atoms with E-state index in [1.807, 2.05) is 36.4 Å². The summed E-state index contributed by atoms with van der Waals surface area (Å²) < 4.78 is 5.11. The Morgan fingerprint density at radius 3 is 2.55 bits per heavy atom. The van der Waals surface area contributed by atoms with Gasteiger partial charge in [-0.2, -0.15) is 5.10 Å². The van der Waals surface area contributed by atoms with Gasteiger partial charge in [-0.25, -0.2) is 0 Å². The van der Waals surface area contributed by atoms with Crippen molar-refractivity contribution in [3.63, 3.8) is 0 Å². The van der Waals surface area contributed by atoms with Gasteiger partial charge in [0.25, 0.3) is 0 Å². The van der Waals surface area contributed by atoms with Crippen molar-refractivity contribution in [1.82, 2.24) is 20.4 Å². The number of aromatic nitrogens is 4. The molecule has 10 nitrogen and oxygen atoms in total. The molecule has 0 radical (unpaired) electrons. The molecule has 1 atom stereocenters. The van der Waals surface area contributed by atoms with Gasteiger partial charge in [0.05, 0.1) is 19.2 Å². The molecule has 2 aromatic carbocycles. The fourth-order valence-corrected chi connectivity index (χ4v) is 4.62. The van der Waals surface area contributed by atoms with Crippen LogP contribution in [-0.4, -0.2) is 49.9 Å². The van der Waals surface area contributed by atoms with Crippen LogP contribution in [0, 0.1) is 0 Å². The Kier molecular flexibility index (Phi) is 9.54. The summed E-state index contributed by atoms with van der Waals surface area (Å²) in [7, 11) is 1.48. The van der Waals surface area contributed by atoms with E-state index < -0.39 is 6.23 Å². The molecular weight excluding hydrogens is 504 g/mol. The first kappa shape index (κ1) is 27.0. The number of benzene rings is 2. The number of nitrogens with one attached hydrogen (secondary N) is 2. The number of carbonyl (C=O) groups excluding carboxylic acids is 1. The average Bonchev–Trinajstić information content (AvgIpc) is 3.36. The number of unbranched alkanes of at least 4 members (excludes halogenated alkanes) is 1. The molecule has 4 aromatic rings. The zero-order valence-corrected chi connectivity index (χ0v) is 21.8. The SMILES string of the molecule is COc1cc(CC(O)Nc2nnc(CCCCc3ccc(NC(=O)Cc4ccccc4)nn3)s2)ccc1O. The summed E-state index contributed by atoms with van der Waals surface area (Å²) in [6.07, 6.45) is 3.11. The van der Waals surface area contributed by atoms with Crippen LogP contribution in [0.4, 0.5) is 10.9 Å². The second-order valence-electron chi connectivity index (χ2n) is 8.70. The minimum Gasteiger partial charge on any atom is -0.504 e. The van der Waals surface area contributed by atoms with Crippen molar-refractivity contribution in [2.45, 2.75) is 44.8 Å². The number of anilines is 2. The van der Waals surface area contributed by atoms with Crippen LogP contribution in [0.3, 0.4) is 0 Å². The van der Waals surface area contributed by atoms with Crippen molar-refractivity contribution in [3.8, 4) is 11.5 Å². The Balaban J connectivity index is 1.15. The van der Waals surface area contributed by atoms with E-state index in [-0.39, 0.29) is 11.7 Å². The summed E-state index contributed by atoms with van der Waals surface area (Å²) in [5.74, 6) is 0.729. The topological polar surface area (TPSA) is 142 Å². The molecule has 0 aliphatic rings. The number of carbonyl (C=O) groups is 1. The zero-order valence-electron chi connectivity index (χ0n) is 21.0.